The minimum Gasteiger partial charge on any atom is -0.306 e. The van der Waals surface area contributed by atoms with Crippen molar-refractivity contribution in [2.45, 2.75) is 20.3 Å². The molecule has 0 radical (unpaired) electrons. The standard InChI is InChI=1S/C11H11BrN4OS/c1-3-8-10(18-16-15-8)11(17)14-9-4-6(2)7(12)5-13-9/h4-5H,3H2,1-2H3,(H,13,14,17). The van der Waals surface area contributed by atoms with Crippen LogP contribution in [0, 0.1) is 6.92 Å². The predicted molar refractivity (Wildman–Crippen MR) is 73.9 cm³/mol. The molecule has 0 aliphatic rings. The number of rotatable bonds is 3. The molecule has 2 aromatic rings. The highest BCUT2D eigenvalue weighted by Crippen LogP contribution is 2.19. The molecule has 18 heavy (non-hydrogen) atoms. The van der Waals surface area contributed by atoms with Crippen LogP contribution in [0.5, 0.6) is 0 Å². The molecule has 94 valence electrons. The molecule has 5 nitrogen and oxygen atoms in total. The fourth-order valence-corrected chi connectivity index (χ4v) is 2.26. The summed E-state index contributed by atoms with van der Waals surface area (Å²) in [5.74, 6) is 0.312. The first-order chi connectivity index (χ1) is 8.61. The molecule has 0 spiro atoms. The molecule has 0 aliphatic carbocycles. The quantitative estimate of drug-likeness (QED) is 0.941. The number of pyridine rings is 1. The lowest BCUT2D eigenvalue weighted by molar-refractivity contribution is 0.102. The average Bonchev–Trinajstić information content (AvgIpc) is 2.82. The Morgan fingerprint density at radius 2 is 2.33 bits per heavy atom. The Hall–Kier alpha value is -1.34. The third kappa shape index (κ3) is 2.73. The number of hydrogen-bond acceptors (Lipinski definition) is 5. The Morgan fingerprint density at radius 1 is 1.56 bits per heavy atom. The van der Waals surface area contributed by atoms with Crippen LogP contribution in [0.3, 0.4) is 0 Å². The van der Waals surface area contributed by atoms with Gasteiger partial charge in [-0.05, 0) is 52.4 Å². The first-order valence-corrected chi connectivity index (χ1v) is 6.93. The summed E-state index contributed by atoms with van der Waals surface area (Å²) < 4.78 is 4.70. The van der Waals surface area contributed by atoms with Crippen LogP contribution < -0.4 is 5.32 Å². The van der Waals surface area contributed by atoms with Gasteiger partial charge in [0, 0.05) is 10.7 Å². The van der Waals surface area contributed by atoms with E-state index in [1.54, 1.807) is 6.20 Å². The number of aromatic nitrogens is 3. The van der Waals surface area contributed by atoms with Crippen molar-refractivity contribution in [3.05, 3.63) is 32.9 Å². The van der Waals surface area contributed by atoms with E-state index >= 15 is 0 Å². The maximum atomic E-state index is 12.0. The highest BCUT2D eigenvalue weighted by Gasteiger charge is 2.15. The van der Waals surface area contributed by atoms with Gasteiger partial charge in [0.25, 0.3) is 5.91 Å². The summed E-state index contributed by atoms with van der Waals surface area (Å²) in [6, 6.07) is 1.81. The number of nitrogens with zero attached hydrogens (tertiary/aromatic N) is 3. The summed E-state index contributed by atoms with van der Waals surface area (Å²) in [7, 11) is 0. The van der Waals surface area contributed by atoms with E-state index in [1.807, 2.05) is 19.9 Å². The Balaban J connectivity index is 2.19. The summed E-state index contributed by atoms with van der Waals surface area (Å²) in [6.07, 6.45) is 2.35. The van der Waals surface area contributed by atoms with Crippen molar-refractivity contribution in [2.75, 3.05) is 5.32 Å². The van der Waals surface area contributed by atoms with E-state index in [0.717, 1.165) is 21.6 Å². The van der Waals surface area contributed by atoms with Crippen LogP contribution in [0.1, 0.15) is 27.9 Å². The third-order valence-corrected chi connectivity index (χ3v) is 3.98. The van der Waals surface area contributed by atoms with Crippen molar-refractivity contribution in [1.82, 2.24) is 14.6 Å². The number of amides is 1. The van der Waals surface area contributed by atoms with Crippen LogP contribution in [0.2, 0.25) is 0 Å². The molecular formula is C11H11BrN4OS. The lowest BCUT2D eigenvalue weighted by Gasteiger charge is -2.05. The number of anilines is 1. The normalized spacial score (nSPS) is 10.4. The lowest BCUT2D eigenvalue weighted by atomic mass is 10.2. The zero-order valence-corrected chi connectivity index (χ0v) is 12.3. The van der Waals surface area contributed by atoms with Gasteiger partial charge in [-0.15, -0.1) is 5.10 Å². The van der Waals surface area contributed by atoms with Crippen molar-refractivity contribution in [2.24, 2.45) is 0 Å². The number of halogens is 1. The van der Waals surface area contributed by atoms with Gasteiger partial charge in [-0.25, -0.2) is 4.98 Å². The summed E-state index contributed by atoms with van der Waals surface area (Å²) in [4.78, 5) is 16.7. The van der Waals surface area contributed by atoms with Gasteiger partial charge in [-0.1, -0.05) is 11.4 Å². The summed E-state index contributed by atoms with van der Waals surface area (Å²) >= 11 is 4.46. The minimum atomic E-state index is -0.212. The number of nitrogens with one attached hydrogen (secondary N) is 1. The SMILES string of the molecule is CCc1nnsc1C(=O)Nc1cc(C)c(Br)cn1. The van der Waals surface area contributed by atoms with Crippen LogP contribution in [0.4, 0.5) is 5.82 Å². The van der Waals surface area contributed by atoms with Crippen LogP contribution in [-0.2, 0) is 6.42 Å². The number of carbonyl (C=O) groups is 1. The fraction of sp³-hybridized carbons (Fsp3) is 0.273. The van der Waals surface area contributed by atoms with Crippen molar-refractivity contribution < 1.29 is 4.79 Å². The van der Waals surface area contributed by atoms with E-state index in [1.165, 1.54) is 0 Å². The zero-order chi connectivity index (χ0) is 13.1. The second-order valence-electron chi connectivity index (χ2n) is 3.68. The van der Waals surface area contributed by atoms with E-state index in [-0.39, 0.29) is 5.91 Å². The molecule has 1 amide bonds. The van der Waals surface area contributed by atoms with E-state index in [2.05, 4.69) is 35.8 Å². The second-order valence-corrected chi connectivity index (χ2v) is 5.28. The van der Waals surface area contributed by atoms with Gasteiger partial charge in [-0.2, -0.15) is 0 Å². The maximum absolute atomic E-state index is 12.0. The van der Waals surface area contributed by atoms with Gasteiger partial charge in [0.15, 0.2) is 0 Å². The Labute approximate surface area is 117 Å². The van der Waals surface area contributed by atoms with Crippen molar-refractivity contribution >= 4 is 39.2 Å². The molecule has 0 unspecified atom stereocenters. The molecule has 0 aromatic carbocycles. The molecule has 2 aromatic heterocycles. The summed E-state index contributed by atoms with van der Waals surface area (Å²) in [6.45, 7) is 3.88. The summed E-state index contributed by atoms with van der Waals surface area (Å²) in [5, 5.41) is 6.66. The molecule has 0 saturated carbocycles. The molecule has 2 heterocycles. The molecule has 0 saturated heterocycles. The Kier molecular flexibility index (Phi) is 4.03. The van der Waals surface area contributed by atoms with Crippen molar-refractivity contribution in [1.29, 1.82) is 0 Å². The topological polar surface area (TPSA) is 67.8 Å². The predicted octanol–water partition coefficient (Wildman–Crippen LogP) is 2.82. The monoisotopic (exact) mass is 326 g/mol. The largest absolute Gasteiger partial charge is 0.306 e. The van der Waals surface area contributed by atoms with Crippen molar-refractivity contribution in [3.8, 4) is 0 Å². The smallest absolute Gasteiger partial charge is 0.270 e. The minimum absolute atomic E-state index is 0.212. The lowest BCUT2D eigenvalue weighted by Crippen LogP contribution is -2.13. The summed E-state index contributed by atoms with van der Waals surface area (Å²) in [5.41, 5.74) is 1.73. The highest BCUT2D eigenvalue weighted by molar-refractivity contribution is 9.10. The second kappa shape index (κ2) is 5.53. The van der Waals surface area contributed by atoms with E-state index < -0.39 is 0 Å². The first kappa shape index (κ1) is 13.1. The fourth-order valence-electron chi connectivity index (χ4n) is 1.39. The van der Waals surface area contributed by atoms with Gasteiger partial charge in [0.05, 0.1) is 5.69 Å². The number of carbonyl (C=O) groups excluding carboxylic acids is 1. The zero-order valence-electron chi connectivity index (χ0n) is 9.90. The first-order valence-electron chi connectivity index (χ1n) is 5.36. The molecule has 0 atom stereocenters. The maximum Gasteiger partial charge on any atom is 0.270 e. The van der Waals surface area contributed by atoms with Crippen LogP contribution >= 0.6 is 27.5 Å². The molecule has 2 rings (SSSR count). The number of aryl methyl sites for hydroxylation is 2. The third-order valence-electron chi connectivity index (χ3n) is 2.39. The Bertz CT molecular complexity index is 584. The van der Waals surface area contributed by atoms with Crippen LogP contribution in [0.15, 0.2) is 16.7 Å². The van der Waals surface area contributed by atoms with Crippen LogP contribution in [0.25, 0.3) is 0 Å². The molecular weight excluding hydrogens is 316 g/mol. The van der Waals surface area contributed by atoms with Gasteiger partial charge in [-0.3, -0.25) is 4.79 Å². The average molecular weight is 327 g/mol. The van der Waals surface area contributed by atoms with Crippen molar-refractivity contribution in [3.63, 3.8) is 0 Å². The molecule has 1 N–H and O–H groups in total. The molecule has 0 aliphatic heterocycles. The van der Waals surface area contributed by atoms with E-state index in [9.17, 15) is 4.79 Å². The van der Waals surface area contributed by atoms with Gasteiger partial charge >= 0.3 is 0 Å². The van der Waals surface area contributed by atoms with Gasteiger partial charge < -0.3 is 5.32 Å². The molecule has 0 fully saturated rings. The molecule has 0 bridgehead atoms. The Morgan fingerprint density at radius 3 is 3.00 bits per heavy atom. The van der Waals surface area contributed by atoms with Crippen LogP contribution in [-0.4, -0.2) is 20.5 Å². The van der Waals surface area contributed by atoms with Gasteiger partial charge in [0.1, 0.15) is 10.7 Å². The highest BCUT2D eigenvalue weighted by atomic mass is 79.9. The number of hydrogen-bond donors (Lipinski definition) is 1. The molecule has 7 heteroatoms. The van der Waals surface area contributed by atoms with E-state index in [4.69, 9.17) is 0 Å². The van der Waals surface area contributed by atoms with Gasteiger partial charge in [0.2, 0.25) is 0 Å². The van der Waals surface area contributed by atoms with E-state index in [0.29, 0.717) is 22.8 Å².